The molecule has 0 bridgehead atoms. The lowest BCUT2D eigenvalue weighted by atomic mass is 9.62. The van der Waals surface area contributed by atoms with Gasteiger partial charge in [0.15, 0.2) is 0 Å². The molecule has 3 heterocycles. The fraction of sp³-hybridized carbons (Fsp3) is 0.611. The van der Waals surface area contributed by atoms with Gasteiger partial charge in [0.05, 0.1) is 0 Å². The molecule has 6 nitrogen and oxygen atoms in total. The van der Waals surface area contributed by atoms with Crippen molar-refractivity contribution >= 4 is 5.91 Å². The normalized spacial score (nSPS) is 22.1. The quantitative estimate of drug-likeness (QED) is 0.867. The number of amides is 1. The zero-order chi connectivity index (χ0) is 16.7. The van der Waals surface area contributed by atoms with E-state index in [1.165, 1.54) is 19.3 Å². The van der Waals surface area contributed by atoms with Crippen LogP contribution in [0.25, 0.3) is 0 Å². The molecule has 1 saturated carbocycles. The molecule has 1 unspecified atom stereocenters. The van der Waals surface area contributed by atoms with Crippen molar-refractivity contribution in [3.63, 3.8) is 0 Å². The SMILES string of the molecule is CCCn1cnnc1C1CN(C(=O)c2cccn2C)CC12CCC2. The highest BCUT2D eigenvalue weighted by Gasteiger charge is 2.53. The van der Waals surface area contributed by atoms with E-state index < -0.39 is 0 Å². The van der Waals surface area contributed by atoms with Crippen LogP contribution in [0.2, 0.25) is 0 Å². The van der Waals surface area contributed by atoms with Gasteiger partial charge in [-0.3, -0.25) is 4.79 Å². The Morgan fingerprint density at radius 3 is 2.88 bits per heavy atom. The second-order valence-electron chi connectivity index (χ2n) is 7.34. The number of carbonyl (C=O) groups excluding carboxylic acids is 1. The lowest BCUT2D eigenvalue weighted by Crippen LogP contribution is -2.38. The van der Waals surface area contributed by atoms with Gasteiger partial charge < -0.3 is 14.0 Å². The summed E-state index contributed by atoms with van der Waals surface area (Å²) >= 11 is 0. The zero-order valence-electron chi connectivity index (χ0n) is 14.5. The zero-order valence-corrected chi connectivity index (χ0v) is 14.5. The number of rotatable bonds is 4. The summed E-state index contributed by atoms with van der Waals surface area (Å²) in [5, 5.41) is 8.59. The Bertz CT molecular complexity index is 742. The fourth-order valence-electron chi connectivity index (χ4n) is 4.41. The Kier molecular flexibility index (Phi) is 3.70. The summed E-state index contributed by atoms with van der Waals surface area (Å²) in [6.45, 7) is 4.72. The van der Waals surface area contributed by atoms with E-state index in [9.17, 15) is 4.79 Å². The molecule has 1 atom stereocenters. The number of hydrogen-bond acceptors (Lipinski definition) is 3. The monoisotopic (exact) mass is 327 g/mol. The number of aromatic nitrogens is 4. The molecule has 128 valence electrons. The van der Waals surface area contributed by atoms with Crippen molar-refractivity contribution in [2.75, 3.05) is 13.1 Å². The third-order valence-electron chi connectivity index (χ3n) is 5.87. The molecule has 2 aromatic heterocycles. The molecule has 0 radical (unpaired) electrons. The van der Waals surface area contributed by atoms with E-state index in [4.69, 9.17) is 0 Å². The van der Waals surface area contributed by atoms with Gasteiger partial charge in [-0.2, -0.15) is 0 Å². The molecule has 6 heteroatoms. The van der Waals surface area contributed by atoms with Gasteiger partial charge in [-0.25, -0.2) is 0 Å². The second kappa shape index (κ2) is 5.76. The highest BCUT2D eigenvalue weighted by Crippen LogP contribution is 2.55. The molecule has 2 fully saturated rings. The molecule has 2 aliphatic rings. The first-order chi connectivity index (χ1) is 11.6. The van der Waals surface area contributed by atoms with Crippen LogP contribution in [0, 0.1) is 5.41 Å². The van der Waals surface area contributed by atoms with Gasteiger partial charge in [0.2, 0.25) is 0 Å². The molecule has 4 rings (SSSR count). The molecule has 1 saturated heterocycles. The van der Waals surface area contributed by atoms with Gasteiger partial charge in [-0.15, -0.1) is 10.2 Å². The summed E-state index contributed by atoms with van der Waals surface area (Å²) in [6, 6.07) is 3.83. The summed E-state index contributed by atoms with van der Waals surface area (Å²) in [5.41, 5.74) is 0.972. The van der Waals surface area contributed by atoms with Gasteiger partial charge >= 0.3 is 0 Å². The standard InChI is InChI=1S/C18H25N5O/c1-3-9-22-13-19-20-16(22)14-11-23(12-18(14)7-5-8-18)17(24)15-6-4-10-21(15)2/h4,6,10,13-14H,3,5,7-9,11-12H2,1-2H3. The van der Waals surface area contributed by atoms with Crippen LogP contribution < -0.4 is 0 Å². The molecule has 0 aromatic carbocycles. The molecule has 24 heavy (non-hydrogen) atoms. The minimum atomic E-state index is 0.137. The van der Waals surface area contributed by atoms with E-state index in [0.717, 1.165) is 37.6 Å². The van der Waals surface area contributed by atoms with Crippen LogP contribution >= 0.6 is 0 Å². The van der Waals surface area contributed by atoms with E-state index >= 15 is 0 Å². The first kappa shape index (κ1) is 15.4. The van der Waals surface area contributed by atoms with Crippen molar-refractivity contribution in [3.05, 3.63) is 36.2 Å². The van der Waals surface area contributed by atoms with E-state index in [0.29, 0.717) is 5.92 Å². The topological polar surface area (TPSA) is 56.0 Å². The van der Waals surface area contributed by atoms with Crippen LogP contribution in [0.5, 0.6) is 0 Å². The number of carbonyl (C=O) groups is 1. The largest absolute Gasteiger partial charge is 0.347 e. The van der Waals surface area contributed by atoms with Crippen LogP contribution in [0.3, 0.4) is 0 Å². The van der Waals surface area contributed by atoms with Crippen LogP contribution in [0.4, 0.5) is 0 Å². The van der Waals surface area contributed by atoms with Crippen molar-refractivity contribution in [1.29, 1.82) is 0 Å². The van der Waals surface area contributed by atoms with Crippen molar-refractivity contribution in [1.82, 2.24) is 24.2 Å². The minimum Gasteiger partial charge on any atom is -0.347 e. The Labute approximate surface area is 142 Å². The molecule has 1 aliphatic carbocycles. The molecular formula is C18H25N5O. The van der Waals surface area contributed by atoms with Gasteiger partial charge in [0.25, 0.3) is 5.91 Å². The molecular weight excluding hydrogens is 302 g/mol. The Balaban J connectivity index is 1.62. The van der Waals surface area contributed by atoms with Gasteiger partial charge in [-0.1, -0.05) is 13.3 Å². The van der Waals surface area contributed by atoms with Gasteiger partial charge in [0, 0.05) is 38.8 Å². The fourth-order valence-corrected chi connectivity index (χ4v) is 4.41. The third kappa shape index (κ3) is 2.27. The van der Waals surface area contributed by atoms with Crippen LogP contribution in [-0.2, 0) is 13.6 Å². The average Bonchev–Trinajstić information content (AvgIpc) is 3.23. The summed E-state index contributed by atoms with van der Waals surface area (Å²) < 4.78 is 4.09. The molecule has 0 N–H and O–H groups in total. The predicted octanol–water partition coefficient (Wildman–Crippen LogP) is 2.44. The van der Waals surface area contributed by atoms with Crippen molar-refractivity contribution in [3.8, 4) is 0 Å². The summed E-state index contributed by atoms with van der Waals surface area (Å²) in [7, 11) is 1.93. The summed E-state index contributed by atoms with van der Waals surface area (Å²) in [6.07, 6.45) is 8.47. The highest BCUT2D eigenvalue weighted by molar-refractivity contribution is 5.93. The Hall–Kier alpha value is -2.11. The summed E-state index contributed by atoms with van der Waals surface area (Å²) in [4.78, 5) is 15.0. The smallest absolute Gasteiger partial charge is 0.270 e. The lowest BCUT2D eigenvalue weighted by molar-refractivity contribution is 0.0714. The predicted molar refractivity (Wildman–Crippen MR) is 90.7 cm³/mol. The molecule has 1 amide bonds. The molecule has 1 aliphatic heterocycles. The Morgan fingerprint density at radius 1 is 1.42 bits per heavy atom. The third-order valence-corrected chi connectivity index (χ3v) is 5.87. The van der Waals surface area contributed by atoms with Crippen LogP contribution in [0.15, 0.2) is 24.7 Å². The van der Waals surface area contributed by atoms with Crippen molar-refractivity contribution < 1.29 is 4.79 Å². The van der Waals surface area contributed by atoms with Crippen LogP contribution in [-0.4, -0.2) is 43.2 Å². The minimum absolute atomic E-state index is 0.137. The Morgan fingerprint density at radius 2 is 2.25 bits per heavy atom. The van der Waals surface area contributed by atoms with Crippen LogP contribution in [0.1, 0.15) is 54.8 Å². The van der Waals surface area contributed by atoms with E-state index in [1.54, 1.807) is 0 Å². The highest BCUT2D eigenvalue weighted by atomic mass is 16.2. The van der Waals surface area contributed by atoms with Gasteiger partial charge in [-0.05, 0) is 36.8 Å². The lowest BCUT2D eigenvalue weighted by Gasteiger charge is -2.42. The number of hydrogen-bond donors (Lipinski definition) is 0. The first-order valence-corrected chi connectivity index (χ1v) is 8.93. The number of nitrogens with zero attached hydrogens (tertiary/aromatic N) is 5. The van der Waals surface area contributed by atoms with E-state index in [-0.39, 0.29) is 11.3 Å². The molecule has 2 aromatic rings. The van der Waals surface area contributed by atoms with Gasteiger partial charge in [0.1, 0.15) is 17.8 Å². The average molecular weight is 327 g/mol. The maximum Gasteiger partial charge on any atom is 0.270 e. The summed E-state index contributed by atoms with van der Waals surface area (Å²) in [5.74, 6) is 1.51. The molecule has 1 spiro atoms. The first-order valence-electron chi connectivity index (χ1n) is 8.93. The number of likely N-dealkylation sites (tertiary alicyclic amines) is 1. The second-order valence-corrected chi connectivity index (χ2v) is 7.34. The number of aryl methyl sites for hydroxylation is 2. The van der Waals surface area contributed by atoms with E-state index in [1.807, 2.05) is 41.2 Å². The van der Waals surface area contributed by atoms with E-state index in [2.05, 4.69) is 21.7 Å². The maximum atomic E-state index is 12.9. The van der Waals surface area contributed by atoms with Crippen molar-refractivity contribution in [2.45, 2.75) is 45.1 Å². The maximum absolute atomic E-state index is 12.9. The van der Waals surface area contributed by atoms with Crippen molar-refractivity contribution in [2.24, 2.45) is 12.5 Å².